The molecule has 31 heavy (non-hydrogen) atoms. The van der Waals surface area contributed by atoms with Crippen molar-refractivity contribution in [1.29, 1.82) is 0 Å². The van der Waals surface area contributed by atoms with Crippen LogP contribution in [0.1, 0.15) is 11.1 Å². The highest BCUT2D eigenvalue weighted by molar-refractivity contribution is 6.32. The molecule has 7 nitrogen and oxygen atoms in total. The van der Waals surface area contributed by atoms with E-state index in [1.807, 2.05) is 61.5 Å². The largest absolute Gasteiger partial charge is 0.496 e. The van der Waals surface area contributed by atoms with E-state index in [9.17, 15) is 4.79 Å². The zero-order valence-electron chi connectivity index (χ0n) is 17.4. The summed E-state index contributed by atoms with van der Waals surface area (Å²) in [5, 5.41) is 8.25. The van der Waals surface area contributed by atoms with Crippen LogP contribution in [0.3, 0.4) is 0 Å². The van der Waals surface area contributed by atoms with E-state index in [4.69, 9.17) is 21.1 Å². The number of aryl methyl sites for hydroxylation is 2. The van der Waals surface area contributed by atoms with Crippen LogP contribution >= 0.6 is 11.6 Å². The average molecular weight is 437 g/mol. The molecule has 1 aromatic heterocycles. The van der Waals surface area contributed by atoms with Crippen LogP contribution in [0.4, 0.5) is 0 Å². The van der Waals surface area contributed by atoms with Gasteiger partial charge in [-0.05, 0) is 52.7 Å². The van der Waals surface area contributed by atoms with E-state index in [2.05, 4.69) is 10.4 Å². The highest BCUT2D eigenvalue weighted by Crippen LogP contribution is 2.35. The van der Waals surface area contributed by atoms with Gasteiger partial charge in [-0.25, -0.2) is 4.79 Å². The minimum Gasteiger partial charge on any atom is -0.496 e. The third kappa shape index (κ3) is 4.04. The molecule has 0 saturated heterocycles. The second kappa shape index (κ2) is 8.65. The standard InChI is InChI=1S/C23H21ClN4O3/c1-15-7-6-9-20(28-23(29)27(2)25-26-28)18(15)14-31-22-13-16(11-12-19(22)24)17-8-4-5-10-21(17)30-3/h4-13H,14H2,1-3H3. The lowest BCUT2D eigenvalue weighted by atomic mass is 10.0. The smallest absolute Gasteiger partial charge is 0.368 e. The highest BCUT2D eigenvalue weighted by Gasteiger charge is 2.15. The van der Waals surface area contributed by atoms with Gasteiger partial charge >= 0.3 is 5.69 Å². The highest BCUT2D eigenvalue weighted by atomic mass is 35.5. The fourth-order valence-electron chi connectivity index (χ4n) is 3.35. The maximum Gasteiger partial charge on any atom is 0.368 e. The van der Waals surface area contributed by atoms with Gasteiger partial charge in [-0.2, -0.15) is 9.36 Å². The molecular weight excluding hydrogens is 416 g/mol. The van der Waals surface area contributed by atoms with Gasteiger partial charge in [0.15, 0.2) is 0 Å². The first-order valence-corrected chi connectivity index (χ1v) is 10.0. The van der Waals surface area contributed by atoms with Crippen molar-refractivity contribution in [3.63, 3.8) is 0 Å². The first kappa shape index (κ1) is 20.7. The number of benzene rings is 3. The lowest BCUT2D eigenvalue weighted by Gasteiger charge is -2.15. The number of methoxy groups -OCH3 is 1. The van der Waals surface area contributed by atoms with Crippen molar-refractivity contribution in [2.24, 2.45) is 7.05 Å². The Morgan fingerprint density at radius 2 is 1.81 bits per heavy atom. The van der Waals surface area contributed by atoms with Gasteiger partial charge in [0, 0.05) is 18.2 Å². The number of ether oxygens (including phenoxy) is 2. The van der Waals surface area contributed by atoms with E-state index >= 15 is 0 Å². The van der Waals surface area contributed by atoms with Crippen molar-refractivity contribution >= 4 is 11.6 Å². The molecule has 1 heterocycles. The second-order valence-electron chi connectivity index (χ2n) is 7.00. The molecule has 0 aliphatic heterocycles. The summed E-state index contributed by atoms with van der Waals surface area (Å²) in [6, 6.07) is 19.0. The molecule has 0 N–H and O–H groups in total. The number of halogens is 1. The number of para-hydroxylation sites is 1. The fraction of sp³-hybridized carbons (Fsp3) is 0.174. The number of hydrogen-bond acceptors (Lipinski definition) is 5. The third-order valence-corrected chi connectivity index (χ3v) is 5.37. The minimum atomic E-state index is -0.331. The van der Waals surface area contributed by atoms with Crippen LogP contribution in [0, 0.1) is 6.92 Å². The third-order valence-electron chi connectivity index (χ3n) is 5.06. The van der Waals surface area contributed by atoms with Crippen LogP contribution < -0.4 is 15.2 Å². The maximum atomic E-state index is 12.4. The molecule has 0 aliphatic carbocycles. The number of aromatic nitrogens is 4. The van der Waals surface area contributed by atoms with E-state index < -0.39 is 0 Å². The number of nitrogens with zero attached hydrogens (tertiary/aromatic N) is 4. The Hall–Kier alpha value is -3.58. The lowest BCUT2D eigenvalue weighted by Crippen LogP contribution is -2.23. The predicted octanol–water partition coefficient (Wildman–Crippen LogP) is 4.18. The van der Waals surface area contributed by atoms with Gasteiger partial charge in [-0.15, -0.1) is 0 Å². The van der Waals surface area contributed by atoms with Crippen LogP contribution in [0.2, 0.25) is 5.02 Å². The summed E-state index contributed by atoms with van der Waals surface area (Å²) in [5.74, 6) is 1.30. The molecule has 0 atom stereocenters. The first-order valence-electron chi connectivity index (χ1n) is 9.63. The van der Waals surface area contributed by atoms with Gasteiger partial charge < -0.3 is 9.47 Å². The van der Waals surface area contributed by atoms with Gasteiger partial charge in [-0.1, -0.05) is 48.0 Å². The Labute approximate surface area is 184 Å². The number of hydrogen-bond donors (Lipinski definition) is 0. The van der Waals surface area contributed by atoms with Gasteiger partial charge in [0.1, 0.15) is 18.1 Å². The molecule has 0 radical (unpaired) electrons. The topological polar surface area (TPSA) is 71.2 Å². The lowest BCUT2D eigenvalue weighted by molar-refractivity contribution is 0.305. The summed E-state index contributed by atoms with van der Waals surface area (Å²) >= 11 is 6.41. The SMILES string of the molecule is COc1ccccc1-c1ccc(Cl)c(OCc2c(C)cccc2-n2nnn(C)c2=O)c1. The molecule has 0 bridgehead atoms. The molecule has 4 aromatic rings. The monoisotopic (exact) mass is 436 g/mol. The molecule has 0 saturated carbocycles. The van der Waals surface area contributed by atoms with E-state index in [0.29, 0.717) is 16.5 Å². The van der Waals surface area contributed by atoms with Crippen LogP contribution in [-0.4, -0.2) is 26.9 Å². The first-order chi connectivity index (χ1) is 15.0. The van der Waals surface area contributed by atoms with E-state index in [1.54, 1.807) is 20.2 Å². The summed E-state index contributed by atoms with van der Waals surface area (Å²) in [6.07, 6.45) is 0. The molecule has 0 fully saturated rings. The van der Waals surface area contributed by atoms with Crippen LogP contribution in [0.15, 0.2) is 65.5 Å². The summed E-state index contributed by atoms with van der Waals surface area (Å²) in [4.78, 5) is 12.4. The second-order valence-corrected chi connectivity index (χ2v) is 7.41. The normalized spacial score (nSPS) is 10.8. The van der Waals surface area contributed by atoms with Crippen LogP contribution in [-0.2, 0) is 13.7 Å². The summed E-state index contributed by atoms with van der Waals surface area (Å²) in [6.45, 7) is 2.16. The van der Waals surface area contributed by atoms with Crippen LogP contribution in [0.25, 0.3) is 16.8 Å². The minimum absolute atomic E-state index is 0.208. The van der Waals surface area contributed by atoms with Gasteiger partial charge in [0.2, 0.25) is 0 Å². The Morgan fingerprint density at radius 1 is 1.00 bits per heavy atom. The fourth-order valence-corrected chi connectivity index (χ4v) is 3.52. The summed E-state index contributed by atoms with van der Waals surface area (Å²) < 4.78 is 14.0. The van der Waals surface area contributed by atoms with E-state index in [0.717, 1.165) is 28.0 Å². The zero-order valence-corrected chi connectivity index (χ0v) is 18.1. The Kier molecular flexibility index (Phi) is 5.77. The maximum absolute atomic E-state index is 12.4. The molecule has 0 unspecified atom stereocenters. The molecule has 4 rings (SSSR count). The molecule has 0 amide bonds. The molecule has 158 valence electrons. The van der Waals surface area contributed by atoms with Crippen LogP contribution in [0.5, 0.6) is 11.5 Å². The van der Waals surface area contributed by atoms with Crippen molar-refractivity contribution < 1.29 is 9.47 Å². The Balaban J connectivity index is 1.68. The van der Waals surface area contributed by atoms with Gasteiger partial charge in [-0.3, -0.25) is 0 Å². The molecular formula is C23H21ClN4O3. The van der Waals surface area contributed by atoms with Crippen molar-refractivity contribution in [3.05, 3.63) is 87.3 Å². The van der Waals surface area contributed by atoms with Gasteiger partial charge in [0.25, 0.3) is 0 Å². The average Bonchev–Trinajstić information content (AvgIpc) is 3.12. The molecule has 0 aliphatic rings. The van der Waals surface area contributed by atoms with Crippen molar-refractivity contribution in [1.82, 2.24) is 19.8 Å². The number of rotatable bonds is 6. The predicted molar refractivity (Wildman–Crippen MR) is 119 cm³/mol. The quantitative estimate of drug-likeness (QED) is 0.453. The molecule has 0 spiro atoms. The van der Waals surface area contributed by atoms with E-state index in [-0.39, 0.29) is 12.3 Å². The summed E-state index contributed by atoms with van der Waals surface area (Å²) in [7, 11) is 3.20. The van der Waals surface area contributed by atoms with Crippen molar-refractivity contribution in [3.8, 4) is 28.3 Å². The Bertz CT molecular complexity index is 1300. The zero-order chi connectivity index (χ0) is 22.0. The van der Waals surface area contributed by atoms with E-state index in [1.165, 1.54) is 9.36 Å². The van der Waals surface area contributed by atoms with Gasteiger partial charge in [0.05, 0.1) is 17.8 Å². The Morgan fingerprint density at radius 3 is 2.55 bits per heavy atom. The molecule has 8 heteroatoms. The number of tetrazole rings is 1. The summed E-state index contributed by atoms with van der Waals surface area (Å²) in [5.41, 5.74) is 3.94. The van der Waals surface area contributed by atoms with Crippen molar-refractivity contribution in [2.45, 2.75) is 13.5 Å². The van der Waals surface area contributed by atoms with Crippen molar-refractivity contribution in [2.75, 3.05) is 7.11 Å². The molecule has 3 aromatic carbocycles.